The maximum atomic E-state index is 12.6. The van der Waals surface area contributed by atoms with Crippen LogP contribution in [0.3, 0.4) is 0 Å². The van der Waals surface area contributed by atoms with Crippen molar-refractivity contribution < 1.29 is 75.9 Å². The van der Waals surface area contributed by atoms with Crippen molar-refractivity contribution in [2.24, 2.45) is 0 Å². The smallest absolute Gasteiger partial charge is 0.409 e. The number of likely N-dealkylation sites (N-methyl/N-ethyl adjacent to an activating group) is 1. The molecule has 0 atom stereocenters. The molecule has 0 fully saturated rings. The van der Waals surface area contributed by atoms with E-state index < -0.39 is 0 Å². The van der Waals surface area contributed by atoms with Crippen LogP contribution in [0.4, 0.5) is 4.79 Å². The van der Waals surface area contributed by atoms with E-state index in [1.165, 1.54) is 72.1 Å². The monoisotopic (exact) mass is 1010 g/mol. The van der Waals surface area contributed by atoms with Gasteiger partial charge in [-0.3, -0.25) is 4.79 Å². The molecule has 0 N–H and O–H groups in total. The van der Waals surface area contributed by atoms with E-state index in [2.05, 4.69) is 31.2 Å². The number of nitrogens with zero attached hydrogens (tertiary/aromatic N) is 1. The van der Waals surface area contributed by atoms with Crippen LogP contribution in [0.15, 0.2) is 48.5 Å². The van der Waals surface area contributed by atoms with Crippen LogP contribution in [0.5, 0.6) is 0 Å². The van der Waals surface area contributed by atoms with Gasteiger partial charge in [0, 0.05) is 25.9 Å². The largest absolute Gasteiger partial charge is 0.463 e. The minimum absolute atomic E-state index is 0.0329. The van der Waals surface area contributed by atoms with Crippen molar-refractivity contribution in [3.63, 3.8) is 0 Å². The number of amides is 1. The molecule has 0 radical (unpaired) electrons. The highest BCUT2D eigenvalue weighted by molar-refractivity contribution is 5.79. The first kappa shape index (κ1) is 62.0. The normalized spacial score (nSPS) is 12.1. The maximum absolute atomic E-state index is 12.6. The number of carbonyl (C=O) groups is 2. The summed E-state index contributed by atoms with van der Waals surface area (Å²) in [6.45, 7) is 14.4. The molecular formula is C54H89NO16. The Morgan fingerprint density at radius 2 is 0.704 bits per heavy atom. The topological polar surface area (TPSA) is 167 Å². The minimum atomic E-state index is -0.368. The molecule has 71 heavy (non-hydrogen) atoms. The summed E-state index contributed by atoms with van der Waals surface area (Å²) in [6, 6.07) is 16.6. The van der Waals surface area contributed by atoms with Gasteiger partial charge < -0.3 is 71.2 Å². The van der Waals surface area contributed by atoms with Crippen molar-refractivity contribution in [3.05, 3.63) is 59.7 Å². The third-order valence-electron chi connectivity index (χ3n) is 11.3. The molecule has 1 amide bonds. The fraction of sp³-hybridized carbons (Fsp3) is 0.741. The van der Waals surface area contributed by atoms with Crippen molar-refractivity contribution >= 4 is 12.1 Å². The van der Waals surface area contributed by atoms with Gasteiger partial charge in [-0.05, 0) is 28.7 Å². The number of hydrogen-bond acceptors (Lipinski definition) is 16. The van der Waals surface area contributed by atoms with Crippen LogP contribution >= 0.6 is 0 Å². The van der Waals surface area contributed by atoms with E-state index in [4.69, 9.17) is 66.3 Å². The second-order valence-electron chi connectivity index (χ2n) is 16.9. The summed E-state index contributed by atoms with van der Waals surface area (Å²) in [5.41, 5.74) is 4.79. The summed E-state index contributed by atoms with van der Waals surface area (Å²) in [5.74, 6) is -0.109. The molecule has 0 bridgehead atoms. The number of rotatable bonds is 51. The summed E-state index contributed by atoms with van der Waals surface area (Å²) in [4.78, 5) is 26.0. The first-order valence-electron chi connectivity index (χ1n) is 26.3. The molecular weight excluding hydrogens is 919 g/mol. The molecule has 0 aliphatic heterocycles. The zero-order valence-corrected chi connectivity index (χ0v) is 43.3. The molecule has 406 valence electrons. The minimum Gasteiger partial charge on any atom is -0.463 e. The van der Waals surface area contributed by atoms with Crippen LogP contribution in [-0.2, 0) is 71.1 Å². The number of esters is 1. The quantitative estimate of drug-likeness (QED) is 0.0471. The molecule has 1 aliphatic carbocycles. The third-order valence-corrected chi connectivity index (χ3v) is 11.3. The van der Waals surface area contributed by atoms with E-state index in [9.17, 15) is 9.59 Å². The SMILES string of the molecule is CCCCCCCCCCCC(=O)OCCOCCOCCOCCOCCOCCOCCOCCOCCOCCOCCOCCOCCN(C)C(=O)OCC1c2ccccc2-c2ccccc21. The predicted octanol–water partition coefficient (Wildman–Crippen LogP) is 7.53. The van der Waals surface area contributed by atoms with E-state index in [-0.39, 0.29) is 24.6 Å². The Bertz CT molecular complexity index is 1510. The van der Waals surface area contributed by atoms with Crippen molar-refractivity contribution in [2.75, 3.05) is 185 Å². The Morgan fingerprint density at radius 1 is 0.394 bits per heavy atom. The molecule has 0 heterocycles. The van der Waals surface area contributed by atoms with Crippen LogP contribution < -0.4 is 0 Å². The van der Waals surface area contributed by atoms with E-state index in [0.717, 1.165) is 12.8 Å². The summed E-state index contributed by atoms with van der Waals surface area (Å²) >= 11 is 0. The maximum Gasteiger partial charge on any atom is 0.409 e. The zero-order valence-electron chi connectivity index (χ0n) is 43.3. The lowest BCUT2D eigenvalue weighted by Gasteiger charge is -2.19. The second kappa shape index (κ2) is 45.3. The van der Waals surface area contributed by atoms with Crippen molar-refractivity contribution in [1.29, 1.82) is 0 Å². The Hall–Kier alpha value is -3.30. The molecule has 17 nitrogen and oxygen atoms in total. The molecule has 2 aromatic rings. The van der Waals surface area contributed by atoms with E-state index >= 15 is 0 Å². The molecule has 3 rings (SSSR count). The summed E-state index contributed by atoms with van der Waals surface area (Å²) < 4.78 is 77.3. The Kier molecular flexibility index (Phi) is 39.6. The lowest BCUT2D eigenvalue weighted by atomic mass is 9.98. The average molecular weight is 1010 g/mol. The molecule has 0 saturated heterocycles. The lowest BCUT2D eigenvalue weighted by Crippen LogP contribution is -2.32. The van der Waals surface area contributed by atoms with Gasteiger partial charge in [0.15, 0.2) is 0 Å². The average Bonchev–Trinajstić information content (AvgIpc) is 3.71. The number of benzene rings is 2. The highest BCUT2D eigenvalue weighted by Gasteiger charge is 2.29. The van der Waals surface area contributed by atoms with E-state index in [1.54, 1.807) is 7.05 Å². The summed E-state index contributed by atoms with van der Waals surface area (Å²) in [5, 5.41) is 0. The number of unbranched alkanes of at least 4 members (excludes halogenated alkanes) is 8. The molecule has 17 heteroatoms. The van der Waals surface area contributed by atoms with Crippen LogP contribution in [0.1, 0.15) is 88.2 Å². The van der Waals surface area contributed by atoms with E-state index in [1.807, 2.05) is 24.3 Å². The van der Waals surface area contributed by atoms with Gasteiger partial charge in [0.25, 0.3) is 0 Å². The van der Waals surface area contributed by atoms with Gasteiger partial charge in [-0.15, -0.1) is 0 Å². The fourth-order valence-electron chi connectivity index (χ4n) is 7.38. The lowest BCUT2D eigenvalue weighted by molar-refractivity contribution is -0.145. The highest BCUT2D eigenvalue weighted by atomic mass is 16.6. The number of fused-ring (bicyclic) bond motifs is 3. The molecule has 2 aromatic carbocycles. The first-order valence-corrected chi connectivity index (χ1v) is 26.3. The molecule has 0 saturated carbocycles. The van der Waals surface area contributed by atoms with Crippen molar-refractivity contribution in [3.8, 4) is 11.1 Å². The van der Waals surface area contributed by atoms with Crippen LogP contribution in [0.2, 0.25) is 0 Å². The van der Waals surface area contributed by atoms with Gasteiger partial charge >= 0.3 is 12.1 Å². The number of hydrogen-bond donors (Lipinski definition) is 0. The summed E-state index contributed by atoms with van der Waals surface area (Å²) in [7, 11) is 1.71. The standard InChI is InChI=1S/C54H89NO16/c1-3-4-5-6-7-8-9-10-11-20-53(56)70-46-45-69-44-43-68-42-41-67-40-39-66-38-37-65-36-35-64-34-33-63-32-31-62-30-29-61-28-27-60-26-25-59-24-23-58-22-21-55(2)54(57)71-47-52-50-18-14-12-16-48(50)49-17-13-15-19-51(49)52/h12-19,52H,3-11,20-47H2,1-2H3. The highest BCUT2D eigenvalue weighted by Crippen LogP contribution is 2.44. The zero-order chi connectivity index (χ0) is 50.3. The van der Waals surface area contributed by atoms with Gasteiger partial charge in [-0.25, -0.2) is 4.79 Å². The fourth-order valence-corrected chi connectivity index (χ4v) is 7.38. The van der Waals surface area contributed by atoms with Gasteiger partial charge in [-0.1, -0.05) is 107 Å². The van der Waals surface area contributed by atoms with Gasteiger partial charge in [0.2, 0.25) is 0 Å². The molecule has 1 aliphatic rings. The second-order valence-corrected chi connectivity index (χ2v) is 16.9. The first-order chi connectivity index (χ1) is 35.1. The van der Waals surface area contributed by atoms with Gasteiger partial charge in [0.1, 0.15) is 13.2 Å². The number of carbonyl (C=O) groups excluding carboxylic acids is 2. The Morgan fingerprint density at radius 3 is 1.07 bits per heavy atom. The summed E-state index contributed by atoms with van der Waals surface area (Å²) in [6.07, 6.45) is 11.2. The third kappa shape index (κ3) is 32.5. The van der Waals surface area contributed by atoms with Crippen LogP contribution in [-0.4, -0.2) is 202 Å². The Labute approximate surface area is 424 Å². The predicted molar refractivity (Wildman–Crippen MR) is 270 cm³/mol. The van der Waals surface area contributed by atoms with Crippen molar-refractivity contribution in [2.45, 2.75) is 77.0 Å². The Balaban J connectivity index is 0.909. The van der Waals surface area contributed by atoms with Crippen LogP contribution in [0, 0.1) is 0 Å². The van der Waals surface area contributed by atoms with Gasteiger partial charge in [-0.2, -0.15) is 0 Å². The molecule has 0 unspecified atom stereocenters. The molecule has 0 aromatic heterocycles. The van der Waals surface area contributed by atoms with Gasteiger partial charge in [0.05, 0.1) is 159 Å². The molecule has 0 spiro atoms. The van der Waals surface area contributed by atoms with Crippen LogP contribution in [0.25, 0.3) is 11.1 Å². The van der Waals surface area contributed by atoms with E-state index in [0.29, 0.717) is 178 Å². The van der Waals surface area contributed by atoms with Crippen molar-refractivity contribution in [1.82, 2.24) is 4.90 Å². The number of ether oxygens (including phenoxy) is 14.